The second-order valence-corrected chi connectivity index (χ2v) is 9.39. The Morgan fingerprint density at radius 2 is 1.61 bits per heavy atom. The molecule has 0 bridgehead atoms. The largest absolute Gasteiger partial charge is 0.464 e. The lowest BCUT2D eigenvalue weighted by molar-refractivity contribution is -0.141. The zero-order chi connectivity index (χ0) is 23.1. The first-order valence-electron chi connectivity index (χ1n) is 9.66. The summed E-state index contributed by atoms with van der Waals surface area (Å²) in [6.07, 6.45) is -0.295. The molecule has 168 valence electrons. The summed E-state index contributed by atoms with van der Waals surface area (Å²) < 4.78 is 40.1. The number of carbonyl (C=O) groups is 2. The molecule has 1 unspecified atom stereocenters. The van der Waals surface area contributed by atoms with Gasteiger partial charge >= 0.3 is 22.2 Å². The first kappa shape index (κ1) is 24.2. The predicted molar refractivity (Wildman–Crippen MR) is 114 cm³/mol. The van der Waals surface area contributed by atoms with Gasteiger partial charge in [-0.25, -0.2) is 4.79 Å². The number of carbonyl (C=O) groups excluding carboxylic acids is 2. The van der Waals surface area contributed by atoms with Crippen LogP contribution < -0.4 is 9.50 Å². The minimum Gasteiger partial charge on any atom is -0.464 e. The molecule has 0 aliphatic carbocycles. The van der Waals surface area contributed by atoms with Crippen molar-refractivity contribution in [3.8, 4) is 5.75 Å². The molecule has 0 radical (unpaired) electrons. The zero-order valence-electron chi connectivity index (χ0n) is 18.0. The van der Waals surface area contributed by atoms with Crippen molar-refractivity contribution in [2.45, 2.75) is 50.7 Å². The zero-order valence-corrected chi connectivity index (χ0v) is 18.8. The van der Waals surface area contributed by atoms with E-state index in [2.05, 4.69) is 5.32 Å². The first-order chi connectivity index (χ1) is 14.4. The maximum Gasteiger partial charge on any atom is 0.408 e. The smallest absolute Gasteiger partial charge is 0.408 e. The van der Waals surface area contributed by atoms with Crippen LogP contribution in [0.5, 0.6) is 5.75 Å². The summed E-state index contributed by atoms with van der Waals surface area (Å²) in [4.78, 5) is 23.3. The Morgan fingerprint density at radius 3 is 2.16 bits per heavy atom. The van der Waals surface area contributed by atoms with Gasteiger partial charge in [0.05, 0.1) is 6.04 Å². The molecule has 9 heteroatoms. The number of benzene rings is 2. The fourth-order valence-corrected chi connectivity index (χ4v) is 3.52. The highest BCUT2D eigenvalue weighted by atomic mass is 32.2. The molecule has 2 rings (SSSR count). The summed E-state index contributed by atoms with van der Waals surface area (Å²) in [6, 6.07) is 13.7. The minimum absolute atomic E-state index is 0.0325. The highest BCUT2D eigenvalue weighted by Gasteiger charge is 2.21. The Hall–Kier alpha value is -3.07. The summed E-state index contributed by atoms with van der Waals surface area (Å²) in [5.41, 5.74) is 0.108. The second-order valence-electron chi connectivity index (χ2n) is 7.84. The van der Waals surface area contributed by atoms with Crippen LogP contribution in [0.2, 0.25) is 0 Å². The highest BCUT2D eigenvalue weighted by Crippen LogP contribution is 2.20. The van der Waals surface area contributed by atoms with Crippen LogP contribution in [-0.4, -0.2) is 38.7 Å². The van der Waals surface area contributed by atoms with E-state index >= 15 is 0 Å². The van der Waals surface area contributed by atoms with E-state index in [1.54, 1.807) is 51.1 Å². The summed E-state index contributed by atoms with van der Waals surface area (Å²) in [5, 5.41) is 2.69. The Bertz CT molecular complexity index is 981. The number of amides is 1. The van der Waals surface area contributed by atoms with Crippen molar-refractivity contribution in [2.75, 3.05) is 6.61 Å². The molecule has 31 heavy (non-hydrogen) atoms. The molecule has 2 aromatic rings. The summed E-state index contributed by atoms with van der Waals surface area (Å²) in [6.45, 7) is 6.49. The Kier molecular flexibility index (Phi) is 8.04. The van der Waals surface area contributed by atoms with Crippen LogP contribution in [-0.2, 0) is 30.8 Å². The topological polar surface area (TPSA) is 108 Å². The summed E-state index contributed by atoms with van der Waals surface area (Å²) >= 11 is 0. The molecular formula is C22H27NO7S. The van der Waals surface area contributed by atoms with Crippen molar-refractivity contribution in [1.82, 2.24) is 5.32 Å². The third-order valence-electron chi connectivity index (χ3n) is 3.85. The molecule has 0 aliphatic rings. The lowest BCUT2D eigenvalue weighted by Crippen LogP contribution is -2.43. The molecule has 0 spiro atoms. The van der Waals surface area contributed by atoms with Crippen molar-refractivity contribution in [2.24, 2.45) is 0 Å². The van der Waals surface area contributed by atoms with Gasteiger partial charge in [0.25, 0.3) is 0 Å². The Balaban J connectivity index is 2.05. The molecule has 0 heterocycles. The van der Waals surface area contributed by atoms with Crippen molar-refractivity contribution >= 4 is 22.2 Å². The van der Waals surface area contributed by atoms with E-state index in [9.17, 15) is 18.0 Å². The monoisotopic (exact) mass is 449 g/mol. The van der Waals surface area contributed by atoms with E-state index in [1.165, 1.54) is 31.2 Å². The Labute approximate surface area is 182 Å². The van der Waals surface area contributed by atoms with E-state index in [0.29, 0.717) is 6.42 Å². The highest BCUT2D eigenvalue weighted by molar-refractivity contribution is 7.87. The molecule has 8 nitrogen and oxygen atoms in total. The second kappa shape index (κ2) is 10.3. The average molecular weight is 450 g/mol. The standard InChI is InChI=1S/C22H27NO7S/c1-16(24)28-15-18(23-21(25)29-22(2,3)4)14-17-10-12-19(13-11-17)30-31(26,27)20-8-6-5-7-9-20/h5-13,18H,14-15H2,1-4H3,(H,23,25). The molecule has 0 saturated heterocycles. The maximum absolute atomic E-state index is 12.3. The van der Waals surface area contributed by atoms with E-state index in [-0.39, 0.29) is 17.3 Å². The summed E-state index contributed by atoms with van der Waals surface area (Å²) in [5.74, 6) is -0.310. The SMILES string of the molecule is CC(=O)OCC(Cc1ccc(OS(=O)(=O)c2ccccc2)cc1)NC(=O)OC(C)(C)C. The third kappa shape index (κ3) is 8.67. The van der Waals surface area contributed by atoms with Crippen LogP contribution in [0.4, 0.5) is 4.79 Å². The van der Waals surface area contributed by atoms with Gasteiger partial charge in [-0.1, -0.05) is 30.3 Å². The normalized spacial score (nSPS) is 12.5. The lowest BCUT2D eigenvalue weighted by Gasteiger charge is -2.23. The van der Waals surface area contributed by atoms with Gasteiger partial charge in [-0.15, -0.1) is 0 Å². The number of hydrogen-bond donors (Lipinski definition) is 1. The number of nitrogens with one attached hydrogen (secondary N) is 1. The van der Waals surface area contributed by atoms with Gasteiger partial charge in [0.2, 0.25) is 0 Å². The molecule has 0 saturated carbocycles. The predicted octanol–water partition coefficient (Wildman–Crippen LogP) is 3.45. The number of ether oxygens (including phenoxy) is 2. The van der Waals surface area contributed by atoms with Crippen LogP contribution >= 0.6 is 0 Å². The van der Waals surface area contributed by atoms with E-state index in [1.807, 2.05) is 0 Å². The Morgan fingerprint density at radius 1 is 1.00 bits per heavy atom. The van der Waals surface area contributed by atoms with Gasteiger partial charge in [0, 0.05) is 6.92 Å². The van der Waals surface area contributed by atoms with Gasteiger partial charge in [-0.2, -0.15) is 8.42 Å². The van der Waals surface area contributed by atoms with Crippen LogP contribution in [0.25, 0.3) is 0 Å². The van der Waals surface area contributed by atoms with E-state index in [0.717, 1.165) is 5.56 Å². The number of hydrogen-bond acceptors (Lipinski definition) is 7. The van der Waals surface area contributed by atoms with Crippen molar-refractivity contribution in [3.63, 3.8) is 0 Å². The molecule has 1 amide bonds. The molecule has 2 aromatic carbocycles. The molecule has 0 fully saturated rings. The molecule has 1 atom stereocenters. The van der Waals surface area contributed by atoms with Gasteiger partial charge in [0.1, 0.15) is 22.9 Å². The van der Waals surface area contributed by atoms with Gasteiger partial charge < -0.3 is 19.0 Å². The fourth-order valence-electron chi connectivity index (χ4n) is 2.57. The van der Waals surface area contributed by atoms with Crippen LogP contribution in [0, 0.1) is 0 Å². The van der Waals surface area contributed by atoms with E-state index < -0.39 is 33.8 Å². The minimum atomic E-state index is -3.93. The number of esters is 1. The van der Waals surface area contributed by atoms with Crippen LogP contribution in [0.1, 0.15) is 33.3 Å². The van der Waals surface area contributed by atoms with Crippen molar-refractivity contribution in [3.05, 3.63) is 60.2 Å². The number of rotatable bonds is 8. The van der Waals surface area contributed by atoms with Crippen molar-refractivity contribution in [1.29, 1.82) is 0 Å². The van der Waals surface area contributed by atoms with Gasteiger partial charge in [0.15, 0.2) is 0 Å². The number of alkyl carbamates (subject to hydrolysis) is 1. The molecule has 0 aromatic heterocycles. The molecule has 0 aliphatic heterocycles. The first-order valence-corrected chi connectivity index (χ1v) is 11.1. The van der Waals surface area contributed by atoms with Crippen molar-refractivity contribution < 1.29 is 31.7 Å². The van der Waals surface area contributed by atoms with Crippen LogP contribution in [0.3, 0.4) is 0 Å². The third-order valence-corrected chi connectivity index (χ3v) is 5.11. The van der Waals surface area contributed by atoms with Gasteiger partial charge in [-0.05, 0) is 57.0 Å². The molecule has 1 N–H and O–H groups in total. The summed E-state index contributed by atoms with van der Waals surface area (Å²) in [7, 11) is -3.93. The lowest BCUT2D eigenvalue weighted by atomic mass is 10.1. The van der Waals surface area contributed by atoms with Gasteiger partial charge in [-0.3, -0.25) is 4.79 Å². The average Bonchev–Trinajstić information content (AvgIpc) is 2.66. The quantitative estimate of drug-likeness (QED) is 0.486. The molecular weight excluding hydrogens is 422 g/mol. The fraction of sp³-hybridized carbons (Fsp3) is 0.364. The maximum atomic E-state index is 12.3. The van der Waals surface area contributed by atoms with Crippen LogP contribution in [0.15, 0.2) is 59.5 Å². The van der Waals surface area contributed by atoms with E-state index in [4.69, 9.17) is 13.7 Å².